The van der Waals surface area contributed by atoms with Crippen molar-refractivity contribution in [3.8, 4) is 0 Å². The molecule has 1 saturated carbocycles. The van der Waals surface area contributed by atoms with Crippen LogP contribution in [0.1, 0.15) is 53.6 Å². The molecule has 1 N–H and O–H groups in total. The largest absolute Gasteiger partial charge is 0.435 e. The van der Waals surface area contributed by atoms with Gasteiger partial charge < -0.3 is 15.0 Å². The number of halogens is 6. The molecule has 1 aliphatic heterocycles. The molecule has 2 aliphatic rings. The van der Waals surface area contributed by atoms with Crippen LogP contribution in [0.3, 0.4) is 0 Å². The zero-order chi connectivity index (χ0) is 28.5. The van der Waals surface area contributed by atoms with Crippen LogP contribution in [0.4, 0.5) is 17.6 Å². The van der Waals surface area contributed by atoms with Gasteiger partial charge in [0.1, 0.15) is 6.10 Å². The highest BCUT2D eigenvalue weighted by molar-refractivity contribution is 6.35. The number of hydrogen-bond acceptors (Lipinski definition) is 5. The molecule has 1 aliphatic carbocycles. The standard InChI is InChI=1S/C28H23Cl2F4N3O3/c29-22-13-16(14-23(30)25(22)31)27(28(32,33)34)15-24(37-40-27)20-9-10-21(19-8-4-3-7-18(19)20)26(38)35-11-12-36-39-17-5-1-2-6-17/h3-4,7-10,12-14,17H,1-2,5-6,11,15H2,(H,35,38). The highest BCUT2D eigenvalue weighted by Gasteiger charge is 2.62. The molecule has 0 saturated heterocycles. The van der Waals surface area contributed by atoms with E-state index < -0.39 is 39.6 Å². The first-order chi connectivity index (χ1) is 19.1. The van der Waals surface area contributed by atoms with Crippen molar-refractivity contribution in [2.75, 3.05) is 6.54 Å². The van der Waals surface area contributed by atoms with Crippen LogP contribution >= 0.6 is 23.2 Å². The predicted molar refractivity (Wildman–Crippen MR) is 145 cm³/mol. The first kappa shape index (κ1) is 28.2. The molecule has 12 heteroatoms. The number of alkyl halides is 3. The maximum absolute atomic E-state index is 14.4. The number of nitrogens with one attached hydrogen (secondary N) is 1. The van der Waals surface area contributed by atoms with E-state index in [-0.39, 0.29) is 24.3 Å². The van der Waals surface area contributed by atoms with E-state index in [2.05, 4.69) is 15.6 Å². The molecule has 210 valence electrons. The molecule has 1 atom stereocenters. The Morgan fingerprint density at radius 3 is 2.48 bits per heavy atom. The van der Waals surface area contributed by atoms with Gasteiger partial charge in [-0.25, -0.2) is 4.39 Å². The van der Waals surface area contributed by atoms with Crippen LogP contribution in [0.2, 0.25) is 10.0 Å². The first-order valence-corrected chi connectivity index (χ1v) is 13.3. The van der Waals surface area contributed by atoms with E-state index >= 15 is 0 Å². The van der Waals surface area contributed by atoms with Crippen LogP contribution in [0, 0.1) is 5.82 Å². The van der Waals surface area contributed by atoms with E-state index in [0.717, 1.165) is 37.8 Å². The normalized spacial score (nSPS) is 19.7. The summed E-state index contributed by atoms with van der Waals surface area (Å²) in [6.07, 6.45) is 0.0847. The van der Waals surface area contributed by atoms with Crippen LogP contribution in [0.25, 0.3) is 10.8 Å². The van der Waals surface area contributed by atoms with Gasteiger partial charge in [0.15, 0.2) is 5.82 Å². The summed E-state index contributed by atoms with van der Waals surface area (Å²) in [4.78, 5) is 23.4. The highest BCUT2D eigenvalue weighted by Crippen LogP contribution is 2.50. The van der Waals surface area contributed by atoms with Crippen LogP contribution in [0.15, 0.2) is 58.8 Å². The zero-order valence-corrected chi connectivity index (χ0v) is 22.4. The van der Waals surface area contributed by atoms with Crippen molar-refractivity contribution in [1.29, 1.82) is 0 Å². The molecule has 1 heterocycles. The summed E-state index contributed by atoms with van der Waals surface area (Å²) in [5.41, 5.74) is -2.74. The summed E-state index contributed by atoms with van der Waals surface area (Å²) >= 11 is 11.6. The molecular formula is C28H23Cl2F4N3O3. The average molecular weight is 596 g/mol. The quantitative estimate of drug-likeness (QED) is 0.133. The monoisotopic (exact) mass is 595 g/mol. The molecule has 0 bridgehead atoms. The maximum atomic E-state index is 14.4. The third-order valence-corrected chi connectivity index (χ3v) is 7.61. The summed E-state index contributed by atoms with van der Waals surface area (Å²) in [7, 11) is 0. The van der Waals surface area contributed by atoms with Crippen molar-refractivity contribution in [3.63, 3.8) is 0 Å². The lowest BCUT2D eigenvalue weighted by atomic mass is 9.85. The van der Waals surface area contributed by atoms with Gasteiger partial charge in [-0.1, -0.05) is 63.8 Å². The predicted octanol–water partition coefficient (Wildman–Crippen LogP) is 7.54. The number of oxime groups is 2. The minimum Gasteiger partial charge on any atom is -0.393 e. The van der Waals surface area contributed by atoms with Gasteiger partial charge in [0.05, 0.1) is 28.5 Å². The molecule has 0 aromatic heterocycles. The molecule has 3 aromatic rings. The van der Waals surface area contributed by atoms with E-state index in [0.29, 0.717) is 21.9 Å². The number of rotatable bonds is 7. The second-order valence-electron chi connectivity index (χ2n) is 9.60. The van der Waals surface area contributed by atoms with Crippen LogP contribution in [0.5, 0.6) is 0 Å². The van der Waals surface area contributed by atoms with E-state index in [1.54, 1.807) is 24.3 Å². The van der Waals surface area contributed by atoms with Crippen molar-refractivity contribution in [2.45, 2.75) is 50.0 Å². The van der Waals surface area contributed by atoms with Crippen molar-refractivity contribution >= 4 is 51.8 Å². The Bertz CT molecular complexity index is 1480. The van der Waals surface area contributed by atoms with Gasteiger partial charge in [-0.2, -0.15) is 13.2 Å². The number of nitrogens with zero attached hydrogens (tertiary/aromatic N) is 2. The molecule has 40 heavy (non-hydrogen) atoms. The molecule has 3 aromatic carbocycles. The lowest BCUT2D eigenvalue weighted by Crippen LogP contribution is -2.42. The Morgan fingerprint density at radius 2 is 1.80 bits per heavy atom. The third kappa shape index (κ3) is 5.34. The molecular weight excluding hydrogens is 573 g/mol. The maximum Gasteiger partial charge on any atom is 0.435 e. The third-order valence-electron chi connectivity index (χ3n) is 7.06. The molecule has 6 nitrogen and oxygen atoms in total. The molecule has 1 fully saturated rings. The second-order valence-corrected chi connectivity index (χ2v) is 10.4. The summed E-state index contributed by atoms with van der Waals surface area (Å²) in [5.74, 6) is -1.42. The SMILES string of the molecule is O=C(NCC=NOC1CCCC1)c1ccc(C2=NOC(c3cc(Cl)c(F)c(Cl)c3)(C(F)(F)F)C2)c2ccccc12. The molecule has 0 spiro atoms. The van der Waals surface area contributed by atoms with Gasteiger partial charge in [-0.3, -0.25) is 4.79 Å². The lowest BCUT2D eigenvalue weighted by Gasteiger charge is -2.29. The summed E-state index contributed by atoms with van der Waals surface area (Å²) in [6, 6.07) is 11.5. The van der Waals surface area contributed by atoms with E-state index in [1.807, 2.05) is 0 Å². The van der Waals surface area contributed by atoms with Gasteiger partial charge in [-0.05, 0) is 54.7 Å². The van der Waals surface area contributed by atoms with E-state index in [9.17, 15) is 22.4 Å². The van der Waals surface area contributed by atoms with Gasteiger partial charge in [0.25, 0.3) is 11.5 Å². The van der Waals surface area contributed by atoms with Gasteiger partial charge in [0.2, 0.25) is 0 Å². The van der Waals surface area contributed by atoms with Gasteiger partial charge in [-0.15, -0.1) is 0 Å². The summed E-state index contributed by atoms with van der Waals surface area (Å²) in [5, 5.41) is 10.3. The average Bonchev–Trinajstić information content (AvgIpc) is 3.61. The topological polar surface area (TPSA) is 72.3 Å². The van der Waals surface area contributed by atoms with E-state index in [4.69, 9.17) is 32.9 Å². The minimum atomic E-state index is -4.94. The van der Waals surface area contributed by atoms with Crippen molar-refractivity contribution in [2.24, 2.45) is 10.3 Å². The smallest absolute Gasteiger partial charge is 0.393 e. The number of hydrogen-bond donors (Lipinski definition) is 1. The molecule has 0 radical (unpaired) electrons. The number of fused-ring (bicyclic) bond motifs is 1. The Labute approximate surface area is 236 Å². The van der Waals surface area contributed by atoms with Crippen molar-refractivity contribution in [3.05, 3.63) is 81.1 Å². The number of carbonyl (C=O) groups is 1. The Balaban J connectivity index is 1.40. The van der Waals surface area contributed by atoms with Gasteiger partial charge in [0, 0.05) is 23.1 Å². The number of amides is 1. The van der Waals surface area contributed by atoms with Gasteiger partial charge >= 0.3 is 6.18 Å². The minimum absolute atomic E-state index is 0.00625. The Kier molecular flexibility index (Phi) is 7.92. The van der Waals surface area contributed by atoms with Crippen molar-refractivity contribution < 1.29 is 32.0 Å². The molecule has 1 amide bonds. The van der Waals surface area contributed by atoms with Crippen LogP contribution in [-0.2, 0) is 15.3 Å². The number of carbonyl (C=O) groups excluding carboxylic acids is 1. The highest BCUT2D eigenvalue weighted by atomic mass is 35.5. The van der Waals surface area contributed by atoms with Crippen LogP contribution < -0.4 is 5.32 Å². The fourth-order valence-corrected chi connectivity index (χ4v) is 5.47. The van der Waals surface area contributed by atoms with Crippen molar-refractivity contribution in [1.82, 2.24) is 5.32 Å². The molecule has 5 rings (SSSR count). The fourth-order valence-electron chi connectivity index (χ4n) is 4.98. The fraction of sp³-hybridized carbons (Fsp3) is 0.321. The first-order valence-electron chi connectivity index (χ1n) is 12.6. The zero-order valence-electron chi connectivity index (χ0n) is 20.9. The lowest BCUT2D eigenvalue weighted by molar-refractivity contribution is -0.275. The van der Waals surface area contributed by atoms with E-state index in [1.165, 1.54) is 18.3 Å². The van der Waals surface area contributed by atoms with Crippen LogP contribution in [-0.4, -0.2) is 36.7 Å². The summed E-state index contributed by atoms with van der Waals surface area (Å²) in [6.45, 7) is 0.138. The Morgan fingerprint density at radius 1 is 1.12 bits per heavy atom. The number of benzene rings is 3. The second kappa shape index (κ2) is 11.2. The summed E-state index contributed by atoms with van der Waals surface area (Å²) < 4.78 is 57.3. The molecule has 1 unspecified atom stereocenters. The Hall–Kier alpha value is -3.37.